The fourth-order valence-corrected chi connectivity index (χ4v) is 3.17. The second-order valence-corrected chi connectivity index (χ2v) is 7.97. The normalized spacial score (nSPS) is 12.4. The standard InChI is InChI=1S/C23H25N3OS/c1-18-8-10-19(11-9-18)16-24-23(26-21-6-4-3-5-7-21)25-17-20-12-14-22(15-13-20)28(2)27/h3-15H,16-17H2,1-2H3,(H2,24,25,26). The van der Waals surface area contributed by atoms with Crippen molar-refractivity contribution in [1.82, 2.24) is 5.32 Å². The van der Waals surface area contributed by atoms with Crippen LogP contribution >= 0.6 is 0 Å². The molecule has 3 aromatic carbocycles. The number of aliphatic imine (C=N–C) groups is 1. The Kier molecular flexibility index (Phi) is 6.98. The second kappa shape index (κ2) is 9.85. The second-order valence-electron chi connectivity index (χ2n) is 6.59. The molecular formula is C23H25N3OS. The molecule has 0 saturated carbocycles. The molecule has 0 spiro atoms. The summed E-state index contributed by atoms with van der Waals surface area (Å²) in [6.07, 6.45) is 1.68. The Morgan fingerprint density at radius 1 is 0.893 bits per heavy atom. The smallest absolute Gasteiger partial charge is 0.196 e. The molecule has 0 bridgehead atoms. The zero-order valence-electron chi connectivity index (χ0n) is 16.2. The average Bonchev–Trinajstić information content (AvgIpc) is 2.72. The summed E-state index contributed by atoms with van der Waals surface area (Å²) < 4.78 is 11.5. The van der Waals surface area contributed by atoms with Crippen LogP contribution in [0.1, 0.15) is 16.7 Å². The van der Waals surface area contributed by atoms with Gasteiger partial charge in [-0.05, 0) is 42.3 Å². The van der Waals surface area contributed by atoms with Gasteiger partial charge in [0.15, 0.2) is 5.96 Å². The van der Waals surface area contributed by atoms with Gasteiger partial charge in [0.05, 0.1) is 6.54 Å². The van der Waals surface area contributed by atoms with E-state index in [4.69, 9.17) is 4.99 Å². The van der Waals surface area contributed by atoms with E-state index < -0.39 is 10.8 Å². The summed E-state index contributed by atoms with van der Waals surface area (Å²) in [5, 5.41) is 6.74. The molecule has 4 nitrogen and oxygen atoms in total. The molecule has 3 aromatic rings. The van der Waals surface area contributed by atoms with E-state index in [0.29, 0.717) is 13.1 Å². The van der Waals surface area contributed by atoms with E-state index in [0.717, 1.165) is 22.1 Å². The molecule has 0 aliphatic carbocycles. The van der Waals surface area contributed by atoms with Crippen molar-refractivity contribution in [3.8, 4) is 0 Å². The van der Waals surface area contributed by atoms with Gasteiger partial charge in [0.25, 0.3) is 0 Å². The van der Waals surface area contributed by atoms with Crippen molar-refractivity contribution in [2.75, 3.05) is 11.6 Å². The molecule has 1 unspecified atom stereocenters. The summed E-state index contributed by atoms with van der Waals surface area (Å²) in [6.45, 7) is 3.31. The summed E-state index contributed by atoms with van der Waals surface area (Å²) in [7, 11) is -0.963. The molecule has 0 heterocycles. The lowest BCUT2D eigenvalue weighted by Gasteiger charge is -2.13. The van der Waals surface area contributed by atoms with Gasteiger partial charge in [-0.25, -0.2) is 4.99 Å². The van der Waals surface area contributed by atoms with Crippen LogP contribution in [0.3, 0.4) is 0 Å². The molecule has 28 heavy (non-hydrogen) atoms. The highest BCUT2D eigenvalue weighted by Gasteiger charge is 2.02. The van der Waals surface area contributed by atoms with Crippen molar-refractivity contribution in [1.29, 1.82) is 0 Å². The maximum absolute atomic E-state index is 11.5. The maximum atomic E-state index is 11.5. The number of nitrogens with zero attached hydrogens (tertiary/aromatic N) is 1. The average molecular weight is 392 g/mol. The Morgan fingerprint density at radius 3 is 2.18 bits per heavy atom. The van der Waals surface area contributed by atoms with E-state index in [1.165, 1.54) is 11.1 Å². The fraction of sp³-hybridized carbons (Fsp3) is 0.174. The monoisotopic (exact) mass is 391 g/mol. The van der Waals surface area contributed by atoms with Crippen LogP contribution in [-0.2, 0) is 23.9 Å². The third-order valence-electron chi connectivity index (χ3n) is 4.29. The van der Waals surface area contributed by atoms with Gasteiger partial charge in [0.1, 0.15) is 0 Å². The third-order valence-corrected chi connectivity index (χ3v) is 5.23. The first-order chi connectivity index (χ1) is 13.6. The highest BCUT2D eigenvalue weighted by molar-refractivity contribution is 7.84. The Bertz CT molecular complexity index is 936. The van der Waals surface area contributed by atoms with E-state index in [9.17, 15) is 4.21 Å². The fourth-order valence-electron chi connectivity index (χ4n) is 2.65. The van der Waals surface area contributed by atoms with Crippen LogP contribution < -0.4 is 10.6 Å². The molecular weight excluding hydrogens is 366 g/mol. The Hall–Kier alpha value is -2.92. The minimum absolute atomic E-state index is 0.534. The number of hydrogen-bond acceptors (Lipinski definition) is 2. The summed E-state index contributed by atoms with van der Waals surface area (Å²) in [4.78, 5) is 5.54. The van der Waals surface area contributed by atoms with Gasteiger partial charge in [0.2, 0.25) is 0 Å². The van der Waals surface area contributed by atoms with E-state index in [1.54, 1.807) is 6.26 Å². The first-order valence-electron chi connectivity index (χ1n) is 9.18. The number of rotatable bonds is 6. The first-order valence-corrected chi connectivity index (χ1v) is 10.7. The van der Waals surface area contributed by atoms with Gasteiger partial charge in [-0.2, -0.15) is 0 Å². The molecule has 0 aromatic heterocycles. The quantitative estimate of drug-likeness (QED) is 0.481. The van der Waals surface area contributed by atoms with Crippen molar-refractivity contribution in [2.24, 2.45) is 4.99 Å². The summed E-state index contributed by atoms with van der Waals surface area (Å²) in [6, 6.07) is 26.2. The summed E-state index contributed by atoms with van der Waals surface area (Å²) in [5.41, 5.74) is 4.49. The van der Waals surface area contributed by atoms with Gasteiger partial charge in [-0.3, -0.25) is 4.21 Å². The molecule has 1 atom stereocenters. The van der Waals surface area contributed by atoms with Crippen molar-refractivity contribution < 1.29 is 4.21 Å². The number of hydrogen-bond donors (Lipinski definition) is 2. The molecule has 0 aliphatic heterocycles. The van der Waals surface area contributed by atoms with Crippen LogP contribution in [0, 0.1) is 6.92 Å². The summed E-state index contributed by atoms with van der Waals surface area (Å²) >= 11 is 0. The molecule has 0 fully saturated rings. The van der Waals surface area contributed by atoms with Gasteiger partial charge in [-0.15, -0.1) is 0 Å². The number of benzene rings is 3. The number of nitrogens with one attached hydrogen (secondary N) is 2. The number of anilines is 1. The topological polar surface area (TPSA) is 53.5 Å². The number of guanidine groups is 1. The third kappa shape index (κ3) is 6.06. The molecule has 0 amide bonds. The van der Waals surface area contributed by atoms with Gasteiger partial charge < -0.3 is 10.6 Å². The minimum atomic E-state index is -0.963. The zero-order valence-corrected chi connectivity index (χ0v) is 17.0. The van der Waals surface area contributed by atoms with Crippen molar-refractivity contribution >= 4 is 22.4 Å². The molecule has 144 valence electrons. The Balaban J connectivity index is 1.71. The number of aryl methyl sites for hydroxylation is 1. The minimum Gasteiger partial charge on any atom is -0.352 e. The predicted octanol–water partition coefficient (Wildman–Crippen LogP) is 4.49. The predicted molar refractivity (Wildman–Crippen MR) is 118 cm³/mol. The van der Waals surface area contributed by atoms with E-state index >= 15 is 0 Å². The molecule has 2 N–H and O–H groups in total. The van der Waals surface area contributed by atoms with Crippen molar-refractivity contribution in [3.63, 3.8) is 0 Å². The summed E-state index contributed by atoms with van der Waals surface area (Å²) in [5.74, 6) is 0.718. The molecule has 3 rings (SSSR count). The van der Waals surface area contributed by atoms with Gasteiger partial charge in [-0.1, -0.05) is 60.2 Å². The van der Waals surface area contributed by atoms with Crippen LogP contribution in [0.4, 0.5) is 5.69 Å². The molecule has 0 aliphatic rings. The molecule has 0 radical (unpaired) electrons. The van der Waals surface area contributed by atoms with E-state index in [-0.39, 0.29) is 0 Å². The van der Waals surface area contributed by atoms with Crippen LogP contribution in [0.2, 0.25) is 0 Å². The lowest BCUT2D eigenvalue weighted by molar-refractivity contribution is 0.687. The first kappa shape index (κ1) is 19.8. The highest BCUT2D eigenvalue weighted by atomic mass is 32.2. The van der Waals surface area contributed by atoms with Crippen LogP contribution in [-0.4, -0.2) is 16.4 Å². The Labute approximate surface area is 169 Å². The molecule has 5 heteroatoms. The Morgan fingerprint density at radius 2 is 1.54 bits per heavy atom. The number of para-hydroxylation sites is 1. The van der Waals surface area contributed by atoms with Crippen LogP contribution in [0.5, 0.6) is 0 Å². The van der Waals surface area contributed by atoms with E-state index in [1.807, 2.05) is 54.6 Å². The van der Waals surface area contributed by atoms with Crippen LogP contribution in [0.15, 0.2) is 88.8 Å². The zero-order chi connectivity index (χ0) is 19.8. The SMILES string of the molecule is Cc1ccc(CNC(=NCc2ccc(S(C)=O)cc2)Nc2ccccc2)cc1. The lowest BCUT2D eigenvalue weighted by atomic mass is 10.1. The van der Waals surface area contributed by atoms with Crippen molar-refractivity contribution in [2.45, 2.75) is 24.9 Å². The largest absolute Gasteiger partial charge is 0.352 e. The van der Waals surface area contributed by atoms with Gasteiger partial charge in [0, 0.05) is 34.2 Å². The van der Waals surface area contributed by atoms with Crippen molar-refractivity contribution in [3.05, 3.63) is 95.6 Å². The molecule has 0 saturated heterocycles. The lowest BCUT2D eigenvalue weighted by Crippen LogP contribution is -2.30. The highest BCUT2D eigenvalue weighted by Crippen LogP contribution is 2.10. The maximum Gasteiger partial charge on any atom is 0.196 e. The van der Waals surface area contributed by atoms with Gasteiger partial charge >= 0.3 is 0 Å². The van der Waals surface area contributed by atoms with E-state index in [2.05, 4.69) is 41.8 Å². The van der Waals surface area contributed by atoms with Crippen LogP contribution in [0.25, 0.3) is 0 Å².